The molecule has 4 heterocycles. The first-order valence-electron chi connectivity index (χ1n) is 10.5. The fourth-order valence-electron chi connectivity index (χ4n) is 4.63. The summed E-state index contributed by atoms with van der Waals surface area (Å²) in [6.07, 6.45) is 4.12. The summed E-state index contributed by atoms with van der Waals surface area (Å²) in [5.41, 5.74) is 3.26. The molecule has 154 valence electrons. The van der Waals surface area contributed by atoms with Gasteiger partial charge in [-0.15, -0.1) is 0 Å². The Bertz CT molecular complexity index is 891. The van der Waals surface area contributed by atoms with E-state index in [0.717, 1.165) is 69.9 Å². The molecule has 29 heavy (non-hydrogen) atoms. The second-order valence-corrected chi connectivity index (χ2v) is 8.96. The first-order valence-corrected chi connectivity index (χ1v) is 11.3. The lowest BCUT2D eigenvalue weighted by atomic mass is 10.1. The summed E-state index contributed by atoms with van der Waals surface area (Å²) in [5.74, 6) is 0.139. The fraction of sp³-hybridized carbons (Fsp3) is 0.524. The van der Waals surface area contributed by atoms with Gasteiger partial charge in [-0.05, 0) is 36.4 Å². The molecular formula is C21H28N6OS. The van der Waals surface area contributed by atoms with Gasteiger partial charge < -0.3 is 4.90 Å². The second kappa shape index (κ2) is 8.10. The van der Waals surface area contributed by atoms with Crippen LogP contribution in [0.5, 0.6) is 0 Å². The number of benzene rings is 1. The Morgan fingerprint density at radius 3 is 2.83 bits per heavy atom. The highest BCUT2D eigenvalue weighted by Crippen LogP contribution is 2.36. The molecule has 0 radical (unpaired) electrons. The molecular weight excluding hydrogens is 384 g/mol. The molecule has 1 unspecified atom stereocenters. The largest absolute Gasteiger partial charge is 0.336 e. The SMILES string of the molecule is Cn1ncc2c1C(=O)N(CCN1CCN(C3NSc4ccccc43)CC1)CCC2. The van der Waals surface area contributed by atoms with E-state index in [2.05, 4.69) is 43.9 Å². The first-order chi connectivity index (χ1) is 14.2. The molecule has 1 aromatic carbocycles. The van der Waals surface area contributed by atoms with Crippen molar-refractivity contribution in [2.75, 3.05) is 45.8 Å². The van der Waals surface area contributed by atoms with Crippen LogP contribution in [0.3, 0.4) is 0 Å². The van der Waals surface area contributed by atoms with Gasteiger partial charge in [0.1, 0.15) is 5.69 Å². The number of nitrogens with one attached hydrogen (secondary N) is 1. The highest BCUT2D eigenvalue weighted by Gasteiger charge is 2.31. The van der Waals surface area contributed by atoms with E-state index < -0.39 is 0 Å². The zero-order chi connectivity index (χ0) is 19.8. The van der Waals surface area contributed by atoms with Crippen LogP contribution in [-0.4, -0.2) is 76.2 Å². The average Bonchev–Trinajstić information content (AvgIpc) is 3.29. The predicted octanol–water partition coefficient (Wildman–Crippen LogP) is 1.74. The molecule has 1 atom stereocenters. The molecule has 1 saturated heterocycles. The lowest BCUT2D eigenvalue weighted by Crippen LogP contribution is -2.51. The standard InChI is InChI=1S/C21H28N6OS/c1-24-19-16(15-22-24)5-4-8-27(21(19)28)14-11-25-9-12-26(13-10-25)20-17-6-2-3-7-18(17)29-23-20/h2-3,6-7,15,20,23H,4-5,8-14H2,1H3. The number of rotatable bonds is 4. The Morgan fingerprint density at radius 1 is 1.14 bits per heavy atom. The molecule has 8 heteroatoms. The van der Waals surface area contributed by atoms with Gasteiger partial charge in [-0.25, -0.2) is 4.72 Å². The van der Waals surface area contributed by atoms with E-state index in [1.165, 1.54) is 10.5 Å². The predicted molar refractivity (Wildman–Crippen MR) is 114 cm³/mol. The summed E-state index contributed by atoms with van der Waals surface area (Å²) < 4.78 is 5.31. The summed E-state index contributed by atoms with van der Waals surface area (Å²) in [4.78, 5) is 21.4. The van der Waals surface area contributed by atoms with Crippen LogP contribution in [0.25, 0.3) is 0 Å². The minimum Gasteiger partial charge on any atom is -0.336 e. The van der Waals surface area contributed by atoms with E-state index in [1.54, 1.807) is 16.6 Å². The number of carbonyl (C=O) groups is 1. The molecule has 1 fully saturated rings. The number of piperazine rings is 1. The molecule has 7 nitrogen and oxygen atoms in total. The normalized spacial score (nSPS) is 23.1. The molecule has 1 amide bonds. The van der Waals surface area contributed by atoms with Crippen LogP contribution < -0.4 is 4.72 Å². The van der Waals surface area contributed by atoms with Crippen molar-refractivity contribution in [2.24, 2.45) is 7.05 Å². The minimum atomic E-state index is 0.139. The van der Waals surface area contributed by atoms with E-state index in [4.69, 9.17) is 0 Å². The van der Waals surface area contributed by atoms with E-state index in [-0.39, 0.29) is 5.91 Å². The summed E-state index contributed by atoms with van der Waals surface area (Å²) in [5, 5.41) is 4.28. The summed E-state index contributed by atoms with van der Waals surface area (Å²) >= 11 is 1.74. The number of hydrogen-bond acceptors (Lipinski definition) is 6. The van der Waals surface area contributed by atoms with Crippen molar-refractivity contribution in [3.63, 3.8) is 0 Å². The quantitative estimate of drug-likeness (QED) is 0.772. The topological polar surface area (TPSA) is 56.6 Å². The van der Waals surface area contributed by atoms with Gasteiger partial charge in [-0.3, -0.25) is 19.3 Å². The Kier molecular flexibility index (Phi) is 5.34. The number of carbonyl (C=O) groups excluding carboxylic acids is 1. The van der Waals surface area contributed by atoms with Gasteiger partial charge in [0.25, 0.3) is 5.91 Å². The maximum absolute atomic E-state index is 13.0. The van der Waals surface area contributed by atoms with E-state index >= 15 is 0 Å². The molecule has 0 saturated carbocycles. The number of fused-ring (bicyclic) bond motifs is 2. The van der Waals surface area contributed by atoms with Crippen LogP contribution in [-0.2, 0) is 13.5 Å². The first kappa shape index (κ1) is 19.1. The lowest BCUT2D eigenvalue weighted by Gasteiger charge is -2.38. The minimum absolute atomic E-state index is 0.139. The van der Waals surface area contributed by atoms with Crippen molar-refractivity contribution in [3.05, 3.63) is 47.3 Å². The molecule has 1 aromatic heterocycles. The summed E-state index contributed by atoms with van der Waals surface area (Å²) in [7, 11) is 1.87. The van der Waals surface area contributed by atoms with E-state index in [1.807, 2.05) is 18.1 Å². The monoisotopic (exact) mass is 412 g/mol. The smallest absolute Gasteiger partial charge is 0.272 e. The average molecular weight is 413 g/mol. The molecule has 0 spiro atoms. The number of aromatic nitrogens is 2. The molecule has 3 aliphatic rings. The molecule has 0 aliphatic carbocycles. The zero-order valence-corrected chi connectivity index (χ0v) is 17.7. The Labute approximate surface area is 176 Å². The van der Waals surface area contributed by atoms with Gasteiger partial charge >= 0.3 is 0 Å². The van der Waals surface area contributed by atoms with Crippen molar-refractivity contribution < 1.29 is 4.79 Å². The van der Waals surface area contributed by atoms with Gasteiger partial charge in [-0.2, -0.15) is 5.10 Å². The van der Waals surface area contributed by atoms with Crippen LogP contribution in [0, 0.1) is 0 Å². The van der Waals surface area contributed by atoms with Crippen LogP contribution >= 0.6 is 11.9 Å². The highest BCUT2D eigenvalue weighted by molar-refractivity contribution is 7.97. The summed E-state index contributed by atoms with van der Waals surface area (Å²) in [6.45, 7) is 6.76. The van der Waals surface area contributed by atoms with Crippen molar-refractivity contribution in [1.29, 1.82) is 0 Å². The van der Waals surface area contributed by atoms with Gasteiger partial charge in [0.05, 0.1) is 12.4 Å². The Hall–Kier alpha value is -1.87. The Morgan fingerprint density at radius 2 is 1.97 bits per heavy atom. The zero-order valence-electron chi connectivity index (χ0n) is 16.9. The number of hydrogen-bond donors (Lipinski definition) is 1. The fourth-order valence-corrected chi connectivity index (χ4v) is 5.59. The second-order valence-electron chi connectivity index (χ2n) is 8.08. The van der Waals surface area contributed by atoms with Gasteiger partial charge in [0, 0.05) is 63.3 Å². The maximum atomic E-state index is 13.0. The van der Waals surface area contributed by atoms with Crippen molar-refractivity contribution >= 4 is 17.9 Å². The van der Waals surface area contributed by atoms with Gasteiger partial charge in [0.2, 0.25) is 0 Å². The molecule has 1 N–H and O–H groups in total. The third kappa shape index (κ3) is 3.70. The van der Waals surface area contributed by atoms with Crippen molar-refractivity contribution in [3.8, 4) is 0 Å². The molecule has 5 rings (SSSR count). The highest BCUT2D eigenvalue weighted by atomic mass is 32.2. The van der Waals surface area contributed by atoms with Gasteiger partial charge in [0.15, 0.2) is 0 Å². The van der Waals surface area contributed by atoms with Crippen LogP contribution in [0.1, 0.15) is 34.2 Å². The van der Waals surface area contributed by atoms with Crippen LogP contribution in [0.15, 0.2) is 35.4 Å². The molecule has 2 aromatic rings. The summed E-state index contributed by atoms with van der Waals surface area (Å²) in [6, 6.07) is 8.65. The number of nitrogens with zero attached hydrogens (tertiary/aromatic N) is 5. The third-order valence-electron chi connectivity index (χ3n) is 6.33. The van der Waals surface area contributed by atoms with Crippen molar-refractivity contribution in [2.45, 2.75) is 23.9 Å². The van der Waals surface area contributed by atoms with Crippen LogP contribution in [0.2, 0.25) is 0 Å². The lowest BCUT2D eigenvalue weighted by molar-refractivity contribution is 0.0659. The van der Waals surface area contributed by atoms with E-state index in [0.29, 0.717) is 6.17 Å². The van der Waals surface area contributed by atoms with Crippen LogP contribution in [0.4, 0.5) is 0 Å². The Balaban J connectivity index is 1.15. The molecule has 0 bridgehead atoms. The number of amides is 1. The third-order valence-corrected chi connectivity index (χ3v) is 7.26. The van der Waals surface area contributed by atoms with Crippen molar-refractivity contribution in [1.82, 2.24) is 29.2 Å². The number of aryl methyl sites for hydroxylation is 2. The molecule has 3 aliphatic heterocycles. The van der Waals surface area contributed by atoms with Gasteiger partial charge in [-0.1, -0.05) is 18.2 Å². The maximum Gasteiger partial charge on any atom is 0.272 e. The van der Waals surface area contributed by atoms with E-state index in [9.17, 15) is 4.79 Å².